The van der Waals surface area contributed by atoms with Crippen LogP contribution >= 0.6 is 0 Å². The molecule has 2 aromatic heterocycles. The molecular weight excluding hydrogens is 446 g/mol. The molecular formula is C30H37N5O. The zero-order valence-corrected chi connectivity index (χ0v) is 21.7. The Kier molecular flexibility index (Phi) is 7.23. The summed E-state index contributed by atoms with van der Waals surface area (Å²) in [4.78, 5) is 11.7. The summed E-state index contributed by atoms with van der Waals surface area (Å²) in [6.45, 7) is 9.50. The van der Waals surface area contributed by atoms with Crippen molar-refractivity contribution < 1.29 is 4.74 Å². The van der Waals surface area contributed by atoms with Gasteiger partial charge in [-0.15, -0.1) is 0 Å². The van der Waals surface area contributed by atoms with Crippen molar-refractivity contribution in [3.05, 3.63) is 72.2 Å². The normalized spacial score (nSPS) is 18.1. The molecule has 1 aliphatic rings. The van der Waals surface area contributed by atoms with Crippen molar-refractivity contribution in [2.45, 2.75) is 65.1 Å². The van der Waals surface area contributed by atoms with E-state index in [2.05, 4.69) is 59.5 Å². The zero-order valence-electron chi connectivity index (χ0n) is 21.7. The van der Waals surface area contributed by atoms with Crippen molar-refractivity contribution in [3.8, 4) is 16.9 Å². The van der Waals surface area contributed by atoms with E-state index in [0.29, 0.717) is 24.5 Å². The molecule has 36 heavy (non-hydrogen) atoms. The highest BCUT2D eigenvalue weighted by Crippen LogP contribution is 2.42. The lowest BCUT2D eigenvalue weighted by molar-refractivity contribution is 0.151. The number of aromatic nitrogens is 3. The Morgan fingerprint density at radius 3 is 2.44 bits per heavy atom. The van der Waals surface area contributed by atoms with Gasteiger partial charge in [0.2, 0.25) is 0 Å². The second-order valence-corrected chi connectivity index (χ2v) is 9.77. The van der Waals surface area contributed by atoms with Crippen LogP contribution < -0.4 is 10.5 Å². The predicted octanol–water partition coefficient (Wildman–Crippen LogP) is 6.39. The van der Waals surface area contributed by atoms with Gasteiger partial charge in [-0.25, -0.2) is 9.97 Å². The van der Waals surface area contributed by atoms with Gasteiger partial charge in [-0.2, -0.15) is 0 Å². The van der Waals surface area contributed by atoms with Crippen LogP contribution in [0.4, 0.5) is 5.82 Å². The third-order valence-corrected chi connectivity index (χ3v) is 7.79. The van der Waals surface area contributed by atoms with E-state index in [9.17, 15) is 0 Å². The van der Waals surface area contributed by atoms with Crippen molar-refractivity contribution in [3.63, 3.8) is 0 Å². The molecule has 0 saturated heterocycles. The monoisotopic (exact) mass is 483 g/mol. The molecule has 0 amide bonds. The molecule has 2 heterocycles. The van der Waals surface area contributed by atoms with Gasteiger partial charge in [0, 0.05) is 23.3 Å². The SMILES string of the molecule is CCN(CC)[C@H]1CC[C@H](n2c(C)c(-c3cccc(OCc4ccccc4)c3)c3c(N)ncnc32)CC1. The van der Waals surface area contributed by atoms with Crippen LogP contribution in [0.3, 0.4) is 0 Å². The standard InChI is InChI=1S/C30H37N5O/c1-4-34(5-2)24-14-16-25(17-15-24)35-21(3)27(28-29(31)32-20-33-30(28)35)23-12-9-13-26(18-23)36-19-22-10-7-6-8-11-22/h6-13,18,20,24-25H,4-5,14-17,19H2,1-3H3,(H2,31,32,33)/t24-,25-. The highest BCUT2D eigenvalue weighted by molar-refractivity contribution is 6.02. The van der Waals surface area contributed by atoms with Crippen LogP contribution in [0.25, 0.3) is 22.2 Å². The summed E-state index contributed by atoms with van der Waals surface area (Å²) in [6, 6.07) is 19.6. The number of ether oxygens (including phenoxy) is 1. The number of fused-ring (bicyclic) bond motifs is 1. The number of nitrogen functional groups attached to an aromatic ring is 1. The summed E-state index contributed by atoms with van der Waals surface area (Å²) in [5.41, 5.74) is 12.0. The maximum absolute atomic E-state index is 6.47. The Balaban J connectivity index is 1.48. The van der Waals surface area contributed by atoms with Crippen LogP contribution in [0.5, 0.6) is 5.75 Å². The molecule has 1 aliphatic carbocycles. The summed E-state index contributed by atoms with van der Waals surface area (Å²) >= 11 is 0. The minimum absolute atomic E-state index is 0.417. The topological polar surface area (TPSA) is 69.2 Å². The Hall–Kier alpha value is -3.38. The predicted molar refractivity (Wildman–Crippen MR) is 147 cm³/mol. The van der Waals surface area contributed by atoms with E-state index < -0.39 is 0 Å². The fourth-order valence-electron chi connectivity index (χ4n) is 5.98. The Bertz CT molecular complexity index is 1300. The van der Waals surface area contributed by atoms with Crippen LogP contribution in [-0.2, 0) is 6.61 Å². The summed E-state index contributed by atoms with van der Waals surface area (Å²) in [6.07, 6.45) is 6.32. The second kappa shape index (κ2) is 10.7. The molecule has 0 unspecified atom stereocenters. The van der Waals surface area contributed by atoms with Crippen LogP contribution in [0.2, 0.25) is 0 Å². The first kappa shape index (κ1) is 24.3. The first-order chi connectivity index (χ1) is 17.6. The van der Waals surface area contributed by atoms with Gasteiger partial charge in [0.15, 0.2) is 0 Å². The third kappa shape index (κ3) is 4.70. The molecule has 188 valence electrons. The molecule has 1 saturated carbocycles. The van der Waals surface area contributed by atoms with E-state index in [1.165, 1.54) is 18.5 Å². The van der Waals surface area contributed by atoms with Crippen molar-refractivity contribution >= 4 is 16.9 Å². The minimum atomic E-state index is 0.417. The Morgan fingerprint density at radius 2 is 1.72 bits per heavy atom. The van der Waals surface area contributed by atoms with Crippen LogP contribution in [0, 0.1) is 6.92 Å². The highest BCUT2D eigenvalue weighted by atomic mass is 16.5. The number of rotatable bonds is 8. The Morgan fingerprint density at radius 1 is 0.972 bits per heavy atom. The maximum atomic E-state index is 6.47. The van der Waals surface area contributed by atoms with E-state index in [0.717, 1.165) is 59.4 Å². The number of hydrogen-bond acceptors (Lipinski definition) is 5. The number of nitrogens with zero attached hydrogens (tertiary/aromatic N) is 4. The van der Waals surface area contributed by atoms with Crippen molar-refractivity contribution in [1.82, 2.24) is 19.4 Å². The average molecular weight is 484 g/mol. The van der Waals surface area contributed by atoms with Gasteiger partial charge in [-0.3, -0.25) is 0 Å². The molecule has 0 atom stereocenters. The van der Waals surface area contributed by atoms with Gasteiger partial charge in [0.05, 0.1) is 5.39 Å². The van der Waals surface area contributed by atoms with Gasteiger partial charge in [0.1, 0.15) is 30.1 Å². The Labute approximate surface area is 214 Å². The molecule has 0 radical (unpaired) electrons. The maximum Gasteiger partial charge on any atom is 0.146 e. The fraction of sp³-hybridized carbons (Fsp3) is 0.400. The van der Waals surface area contributed by atoms with Crippen LogP contribution in [0.15, 0.2) is 60.9 Å². The lowest BCUT2D eigenvalue weighted by Crippen LogP contribution is -2.38. The summed E-state index contributed by atoms with van der Waals surface area (Å²) < 4.78 is 8.57. The first-order valence-corrected chi connectivity index (χ1v) is 13.2. The van der Waals surface area contributed by atoms with E-state index in [4.69, 9.17) is 15.5 Å². The van der Waals surface area contributed by atoms with Crippen molar-refractivity contribution in [1.29, 1.82) is 0 Å². The molecule has 0 bridgehead atoms. The number of benzene rings is 2. The first-order valence-electron chi connectivity index (χ1n) is 13.2. The number of hydrogen-bond donors (Lipinski definition) is 1. The van der Waals surface area contributed by atoms with Crippen LogP contribution in [-0.4, -0.2) is 38.6 Å². The summed E-state index contributed by atoms with van der Waals surface area (Å²) in [5.74, 6) is 1.37. The molecule has 0 spiro atoms. The van der Waals surface area contributed by atoms with E-state index in [1.54, 1.807) is 6.33 Å². The molecule has 2 N–H and O–H groups in total. The molecule has 0 aliphatic heterocycles. The van der Waals surface area contributed by atoms with Gasteiger partial charge in [0.25, 0.3) is 0 Å². The van der Waals surface area contributed by atoms with E-state index in [-0.39, 0.29) is 0 Å². The zero-order chi connectivity index (χ0) is 25.1. The number of nitrogens with two attached hydrogens (primary N) is 1. The molecule has 2 aromatic carbocycles. The highest BCUT2D eigenvalue weighted by Gasteiger charge is 2.29. The van der Waals surface area contributed by atoms with Gasteiger partial charge >= 0.3 is 0 Å². The van der Waals surface area contributed by atoms with Crippen molar-refractivity contribution in [2.24, 2.45) is 0 Å². The molecule has 6 nitrogen and oxygen atoms in total. The van der Waals surface area contributed by atoms with Gasteiger partial charge in [-0.1, -0.05) is 56.3 Å². The fourth-order valence-corrected chi connectivity index (χ4v) is 5.98. The molecule has 6 heteroatoms. The van der Waals surface area contributed by atoms with Crippen molar-refractivity contribution in [2.75, 3.05) is 18.8 Å². The quantitative estimate of drug-likeness (QED) is 0.314. The largest absolute Gasteiger partial charge is 0.489 e. The number of anilines is 1. The van der Waals surface area contributed by atoms with Crippen LogP contribution in [0.1, 0.15) is 56.8 Å². The lowest BCUT2D eigenvalue weighted by atomic mass is 9.89. The summed E-state index contributed by atoms with van der Waals surface area (Å²) in [5, 5.41) is 0.945. The summed E-state index contributed by atoms with van der Waals surface area (Å²) in [7, 11) is 0. The second-order valence-electron chi connectivity index (χ2n) is 9.77. The molecule has 5 rings (SSSR count). The van der Waals surface area contributed by atoms with Gasteiger partial charge < -0.3 is 19.9 Å². The third-order valence-electron chi connectivity index (χ3n) is 7.79. The van der Waals surface area contributed by atoms with E-state index >= 15 is 0 Å². The average Bonchev–Trinajstić information content (AvgIpc) is 3.22. The minimum Gasteiger partial charge on any atom is -0.489 e. The van der Waals surface area contributed by atoms with Gasteiger partial charge in [-0.05, 0) is 69.0 Å². The van der Waals surface area contributed by atoms with E-state index in [1.807, 2.05) is 30.3 Å². The molecule has 1 fully saturated rings. The smallest absolute Gasteiger partial charge is 0.146 e. The lowest BCUT2D eigenvalue weighted by Gasteiger charge is -2.36. The molecule has 4 aromatic rings.